The Bertz CT molecular complexity index is 2570. The Morgan fingerprint density at radius 2 is 1.70 bits per heavy atom. The number of esters is 1. The van der Waals surface area contributed by atoms with Gasteiger partial charge in [-0.3, -0.25) is 19.2 Å². The van der Waals surface area contributed by atoms with Crippen LogP contribution in [0.4, 0.5) is 5.69 Å². The number of carbonyl (C=O) groups excluding carboxylic acids is 3. The van der Waals surface area contributed by atoms with Crippen LogP contribution in [0.3, 0.4) is 0 Å². The molecule has 0 spiro atoms. The van der Waals surface area contributed by atoms with Crippen LogP contribution in [0.2, 0.25) is 0 Å². The molecule has 0 saturated carbocycles. The number of Topliss-reactive ketones (excluding diaryl/α,β-unsaturated/α-hetero) is 1. The summed E-state index contributed by atoms with van der Waals surface area (Å²) in [6.07, 6.45) is 5.49. The summed E-state index contributed by atoms with van der Waals surface area (Å²) < 4.78 is 30.9. The standard InChI is InChI=1S/C44H49BrN2O12S/c1-18-12-11-13-19(2)43(54)47-34-38(52)30-29(33-41(34)58-27-16-25(45)17-28(60-10)32(27)46-33)31-40(23(6)37(30)51)59-44(8,42(31)53)56-15-14-26(55-9)20(3)39(57-24(7)48)22(5)36(50)21(4)35(18)49/h11-18,20-22,26,35-36,39,49-50,52H,1-10H3,(H,47,54)/b12-11+,15-14+,19-13-/t18-,20+,21+,22+,26-,35-,36+,39+,44-/m0/s1. The van der Waals surface area contributed by atoms with Gasteiger partial charge in [0.2, 0.25) is 0 Å². The van der Waals surface area contributed by atoms with Crippen LogP contribution in [-0.2, 0) is 23.8 Å². The van der Waals surface area contributed by atoms with Crippen molar-refractivity contribution >= 4 is 84.0 Å². The number of nitrogens with one attached hydrogen (secondary N) is 1. The summed E-state index contributed by atoms with van der Waals surface area (Å²) in [7, 11) is 1.44. The number of rotatable bonds is 3. The van der Waals surface area contributed by atoms with Crippen LogP contribution in [-0.4, -0.2) is 81.5 Å². The van der Waals surface area contributed by atoms with Crippen LogP contribution < -0.4 is 15.5 Å². The van der Waals surface area contributed by atoms with Gasteiger partial charge in [-0.05, 0) is 38.3 Å². The fourth-order valence-electron chi connectivity index (χ4n) is 8.00. The van der Waals surface area contributed by atoms with Crippen molar-refractivity contribution < 1.29 is 53.1 Å². The predicted molar refractivity (Wildman–Crippen MR) is 231 cm³/mol. The van der Waals surface area contributed by atoms with Crippen LogP contribution in [0, 0.1) is 30.6 Å². The number of ether oxygens (including phenoxy) is 4. The van der Waals surface area contributed by atoms with Crippen molar-refractivity contribution in [3.05, 3.63) is 74.1 Å². The average molecular weight is 910 g/mol. The number of amides is 1. The molecule has 60 heavy (non-hydrogen) atoms. The molecule has 0 fully saturated rings. The van der Waals surface area contributed by atoms with Crippen LogP contribution in [0.1, 0.15) is 64.4 Å². The second kappa shape index (κ2) is 17.3. The number of ketones is 1. The minimum absolute atomic E-state index is 0.00188. The third-order valence-electron chi connectivity index (χ3n) is 11.6. The Hall–Kier alpha value is -4.74. The molecule has 4 bridgehead atoms. The molecule has 2 aliphatic heterocycles. The van der Waals surface area contributed by atoms with E-state index < -0.39 is 82.7 Å². The number of anilines is 1. The number of carbonyl (C=O) groups is 3. The summed E-state index contributed by atoms with van der Waals surface area (Å²) in [6.45, 7) is 12.6. The first-order valence-corrected chi connectivity index (χ1v) is 21.4. The lowest BCUT2D eigenvalue weighted by Crippen LogP contribution is -2.46. The Morgan fingerprint density at radius 1 is 1.00 bits per heavy atom. The number of aromatic nitrogens is 1. The molecule has 2 aliphatic rings. The lowest BCUT2D eigenvalue weighted by Gasteiger charge is -2.38. The highest BCUT2D eigenvalue weighted by Crippen LogP contribution is 2.49. The molecule has 6 rings (SSSR count). The topological polar surface area (TPSA) is 204 Å². The summed E-state index contributed by atoms with van der Waals surface area (Å²) in [5, 5.41) is 37.3. The second-order valence-electron chi connectivity index (χ2n) is 15.7. The predicted octanol–water partition coefficient (Wildman–Crippen LogP) is 7.48. The highest BCUT2D eigenvalue weighted by Gasteiger charge is 2.49. The van der Waals surface area contributed by atoms with E-state index in [9.17, 15) is 34.5 Å². The van der Waals surface area contributed by atoms with Crippen molar-refractivity contribution in [3.63, 3.8) is 0 Å². The molecule has 1 aromatic heterocycles. The van der Waals surface area contributed by atoms with E-state index in [1.54, 1.807) is 45.9 Å². The van der Waals surface area contributed by atoms with Crippen LogP contribution >= 0.6 is 27.7 Å². The first-order valence-electron chi connectivity index (χ1n) is 19.4. The van der Waals surface area contributed by atoms with Crippen LogP contribution in [0.25, 0.3) is 33.0 Å². The lowest BCUT2D eigenvalue weighted by molar-refractivity contribution is -0.160. The van der Waals surface area contributed by atoms with Crippen molar-refractivity contribution in [1.29, 1.82) is 0 Å². The van der Waals surface area contributed by atoms with Crippen molar-refractivity contribution in [2.45, 2.75) is 90.5 Å². The van der Waals surface area contributed by atoms with E-state index in [0.717, 1.165) is 0 Å². The van der Waals surface area contributed by atoms with Gasteiger partial charge in [-0.25, -0.2) is 4.98 Å². The summed E-state index contributed by atoms with van der Waals surface area (Å²) >= 11 is 4.89. The van der Waals surface area contributed by atoms with Crippen LogP contribution in [0.15, 0.2) is 66.9 Å². The van der Waals surface area contributed by atoms with E-state index in [4.69, 9.17) is 28.3 Å². The number of nitrogens with zero attached hydrogens (tertiary/aromatic N) is 1. The molecule has 0 aliphatic carbocycles. The van der Waals surface area contributed by atoms with Gasteiger partial charge >= 0.3 is 11.8 Å². The first-order chi connectivity index (χ1) is 28.3. The van der Waals surface area contributed by atoms with Gasteiger partial charge in [0.05, 0.1) is 35.5 Å². The zero-order valence-corrected chi connectivity index (χ0v) is 37.3. The fourth-order valence-corrected chi connectivity index (χ4v) is 9.18. The Morgan fingerprint density at radius 3 is 2.35 bits per heavy atom. The minimum Gasteiger partial charge on any atom is -0.505 e. The smallest absolute Gasteiger partial charge is 0.312 e. The number of phenolic OH excluding ortho intramolecular Hbond substituents is 1. The van der Waals surface area contributed by atoms with Crippen LogP contribution in [0.5, 0.6) is 11.5 Å². The normalized spacial score (nSPS) is 29.9. The Labute approximate surface area is 359 Å². The van der Waals surface area contributed by atoms with Gasteiger partial charge in [-0.1, -0.05) is 61.9 Å². The van der Waals surface area contributed by atoms with Gasteiger partial charge in [-0.2, -0.15) is 0 Å². The van der Waals surface area contributed by atoms with Gasteiger partial charge in [0.1, 0.15) is 28.6 Å². The molecule has 1 amide bonds. The van der Waals surface area contributed by atoms with Gasteiger partial charge in [-0.15, -0.1) is 11.8 Å². The molecule has 14 nitrogen and oxygen atoms in total. The van der Waals surface area contributed by atoms with Crippen molar-refractivity contribution in [3.8, 4) is 11.5 Å². The first kappa shape index (κ1) is 44.8. The molecule has 0 radical (unpaired) electrons. The Kier molecular flexibility index (Phi) is 12.9. The number of halogens is 1. The molecule has 4 N–H and O–H groups in total. The molecule has 3 heterocycles. The van der Waals surface area contributed by atoms with E-state index >= 15 is 0 Å². The second-order valence-corrected chi connectivity index (χ2v) is 17.4. The molecule has 320 valence electrons. The number of benzene rings is 3. The number of methoxy groups -OCH3 is 1. The number of aliphatic hydroxyl groups is 2. The number of phenols is 1. The number of allylic oxidation sites excluding steroid dienone is 2. The number of hydrogen-bond acceptors (Lipinski definition) is 14. The zero-order valence-electron chi connectivity index (χ0n) is 34.9. The summed E-state index contributed by atoms with van der Waals surface area (Å²) in [4.78, 5) is 60.8. The van der Waals surface area contributed by atoms with Gasteiger partial charge in [0, 0.05) is 70.5 Å². The van der Waals surface area contributed by atoms with Gasteiger partial charge in [0.15, 0.2) is 22.3 Å². The molecule has 0 saturated heterocycles. The van der Waals surface area contributed by atoms with Crippen molar-refractivity contribution in [2.75, 3.05) is 18.7 Å². The zero-order chi connectivity index (χ0) is 44.1. The minimum atomic E-state index is -2.03. The van der Waals surface area contributed by atoms with E-state index in [-0.39, 0.29) is 55.6 Å². The number of fused-ring (bicyclic) bond motifs is 2. The highest BCUT2D eigenvalue weighted by atomic mass is 79.9. The maximum atomic E-state index is 14.7. The monoisotopic (exact) mass is 908 g/mol. The lowest BCUT2D eigenvalue weighted by atomic mass is 9.78. The molecule has 0 unspecified atom stereocenters. The van der Waals surface area contributed by atoms with E-state index in [1.165, 1.54) is 65.0 Å². The summed E-state index contributed by atoms with van der Waals surface area (Å²) in [5.41, 5.74) is -0.272. The SMILES string of the molecule is CO[C@H]1/C=C/O[C@@]2(C)Oc3c(C)c(=O)c4c(O)c(c5oc6cc(Br)cc(SC)c6nc5c4c3C2=O)NC(=O)/C(C)=C\C=C\[C@H](C)[C@H](O)[C@@H](C)[C@@H](O)[C@@H](C)[C@H](OC(C)=O)[C@@H]1C. The molecular weight excluding hydrogens is 860 g/mol. The quantitative estimate of drug-likeness (QED) is 0.0518. The van der Waals surface area contributed by atoms with Crippen molar-refractivity contribution in [2.24, 2.45) is 23.7 Å². The number of aromatic hydroxyl groups is 1. The third-order valence-corrected chi connectivity index (χ3v) is 12.8. The van der Waals surface area contributed by atoms with Gasteiger partial charge < -0.3 is 44.0 Å². The molecule has 9 atom stereocenters. The molecular formula is C44H49BrN2O12S. The highest BCUT2D eigenvalue weighted by molar-refractivity contribution is 9.10. The van der Waals surface area contributed by atoms with E-state index in [1.807, 2.05) is 12.3 Å². The molecule has 4 aromatic rings. The maximum absolute atomic E-state index is 14.7. The van der Waals surface area contributed by atoms with Gasteiger partial charge in [0.25, 0.3) is 11.7 Å². The maximum Gasteiger partial charge on any atom is 0.312 e. The van der Waals surface area contributed by atoms with E-state index in [0.29, 0.717) is 14.9 Å². The van der Waals surface area contributed by atoms with E-state index in [2.05, 4.69) is 21.2 Å². The average Bonchev–Trinajstić information content (AvgIpc) is 3.47. The summed E-state index contributed by atoms with van der Waals surface area (Å²) in [6, 6.07) is 3.51. The number of aliphatic hydroxyl groups excluding tert-OH is 2. The third kappa shape index (κ3) is 7.95. The molecule has 3 aromatic carbocycles. The summed E-state index contributed by atoms with van der Waals surface area (Å²) in [5.74, 6) is -7.18. The fraction of sp³-hybridized carbons (Fsp3) is 0.432. The molecule has 16 heteroatoms. The Balaban J connectivity index is 1.62. The number of thioether (sulfide) groups is 1. The number of hydrogen-bond donors (Lipinski definition) is 4. The van der Waals surface area contributed by atoms with Crippen molar-refractivity contribution in [1.82, 2.24) is 4.98 Å². The largest absolute Gasteiger partial charge is 0.505 e.